The quantitative estimate of drug-likeness (QED) is 0.497. The molecular formula is C5H7O4P. The molecule has 0 radical (unpaired) electrons. The molecule has 0 aliphatic rings. The van der Waals surface area contributed by atoms with Gasteiger partial charge in [-0.3, -0.25) is 0 Å². The van der Waals surface area contributed by atoms with E-state index in [9.17, 15) is 13.9 Å². The van der Waals surface area contributed by atoms with Crippen molar-refractivity contribution in [3.8, 4) is 0 Å². The maximum atomic E-state index is 10.0. The fourth-order valence-corrected chi connectivity index (χ4v) is 0.786. The van der Waals surface area contributed by atoms with E-state index in [0.717, 1.165) is 0 Å². The summed E-state index contributed by atoms with van der Waals surface area (Å²) in [6.07, 6.45) is -0.130. The number of hydrogen-bond donors (Lipinski definition) is 1. The molecule has 0 aliphatic heterocycles. The molecule has 0 rings (SSSR count). The molecule has 0 aromatic carbocycles. The first kappa shape index (κ1) is 9.11. The maximum Gasteiger partial charge on any atom is 0.330 e. The molecule has 1 N–H and O–H groups in total. The molecule has 0 aromatic rings. The monoisotopic (exact) mass is 162 g/mol. The molecule has 0 bridgehead atoms. The van der Waals surface area contributed by atoms with Crippen LogP contribution in [0.3, 0.4) is 0 Å². The lowest BCUT2D eigenvalue weighted by molar-refractivity contribution is -0.132. The molecular weight excluding hydrogens is 155 g/mol. The SMILES string of the molecule is C=C(CCP(=O)=O)C(=O)O. The first-order valence-corrected chi connectivity index (χ1v) is 3.93. The van der Waals surface area contributed by atoms with Crippen molar-refractivity contribution in [3.05, 3.63) is 12.2 Å². The van der Waals surface area contributed by atoms with Crippen LogP contribution in [-0.2, 0) is 13.9 Å². The Morgan fingerprint density at radius 3 is 2.30 bits per heavy atom. The zero-order chi connectivity index (χ0) is 8.15. The Kier molecular flexibility index (Phi) is 3.65. The van der Waals surface area contributed by atoms with Gasteiger partial charge in [-0.1, -0.05) is 6.58 Å². The van der Waals surface area contributed by atoms with Gasteiger partial charge in [0.15, 0.2) is 0 Å². The second kappa shape index (κ2) is 4.01. The van der Waals surface area contributed by atoms with Gasteiger partial charge < -0.3 is 5.11 Å². The predicted molar refractivity (Wildman–Crippen MR) is 34.6 cm³/mol. The van der Waals surface area contributed by atoms with Crippen molar-refractivity contribution in [2.75, 3.05) is 6.16 Å². The van der Waals surface area contributed by atoms with Crippen molar-refractivity contribution in [1.29, 1.82) is 0 Å². The van der Waals surface area contributed by atoms with E-state index >= 15 is 0 Å². The summed E-state index contributed by atoms with van der Waals surface area (Å²) >= 11 is 0. The van der Waals surface area contributed by atoms with Crippen LogP contribution in [0.1, 0.15) is 6.42 Å². The minimum Gasteiger partial charge on any atom is -0.478 e. The van der Waals surface area contributed by atoms with Crippen LogP contribution in [0.15, 0.2) is 12.2 Å². The summed E-state index contributed by atoms with van der Waals surface area (Å²) in [4.78, 5) is 10.0. The Bertz CT molecular complexity index is 208. The fraction of sp³-hybridized carbons (Fsp3) is 0.400. The van der Waals surface area contributed by atoms with E-state index in [1.54, 1.807) is 0 Å². The van der Waals surface area contributed by atoms with Gasteiger partial charge in [-0.15, -0.1) is 0 Å². The van der Waals surface area contributed by atoms with Crippen LogP contribution in [0.25, 0.3) is 0 Å². The highest BCUT2D eigenvalue weighted by Gasteiger charge is 2.03. The van der Waals surface area contributed by atoms with Crippen LogP contribution >= 0.6 is 7.68 Å². The second-order valence-electron chi connectivity index (χ2n) is 1.72. The summed E-state index contributed by atoms with van der Waals surface area (Å²) < 4.78 is 19.9. The Hall–Kier alpha value is -0.890. The van der Waals surface area contributed by atoms with Crippen molar-refractivity contribution in [1.82, 2.24) is 0 Å². The molecule has 5 heteroatoms. The number of hydrogen-bond acceptors (Lipinski definition) is 3. The van der Waals surface area contributed by atoms with Crippen LogP contribution in [0.4, 0.5) is 0 Å². The number of carboxylic acids is 1. The fourth-order valence-electron chi connectivity index (χ4n) is 0.333. The number of carboxylic acid groups (broad SMARTS) is 1. The normalized spacial score (nSPS) is 8.80. The third kappa shape index (κ3) is 4.04. The van der Waals surface area contributed by atoms with Gasteiger partial charge in [0.1, 0.15) is 0 Å². The van der Waals surface area contributed by atoms with Gasteiger partial charge in [-0.25, -0.2) is 13.9 Å². The Balaban J connectivity index is 3.71. The molecule has 0 aliphatic carbocycles. The largest absolute Gasteiger partial charge is 0.478 e. The lowest BCUT2D eigenvalue weighted by Gasteiger charge is -1.91. The summed E-state index contributed by atoms with van der Waals surface area (Å²) in [6, 6.07) is 0. The lowest BCUT2D eigenvalue weighted by atomic mass is 10.2. The minimum absolute atomic E-state index is 0.00797. The summed E-state index contributed by atoms with van der Waals surface area (Å²) in [5, 5.41) is 8.20. The topological polar surface area (TPSA) is 71.4 Å². The predicted octanol–water partition coefficient (Wildman–Crippen LogP) is 1.19. The Labute approximate surface area is 58.4 Å². The Morgan fingerprint density at radius 2 is 2.00 bits per heavy atom. The third-order valence-electron chi connectivity index (χ3n) is 0.899. The van der Waals surface area contributed by atoms with E-state index in [-0.39, 0.29) is 18.2 Å². The van der Waals surface area contributed by atoms with Crippen molar-refractivity contribution in [3.63, 3.8) is 0 Å². The molecule has 56 valence electrons. The van der Waals surface area contributed by atoms with Crippen molar-refractivity contribution in [2.24, 2.45) is 0 Å². The van der Waals surface area contributed by atoms with Crippen molar-refractivity contribution < 1.29 is 19.0 Å². The second-order valence-corrected chi connectivity index (χ2v) is 2.83. The van der Waals surface area contributed by atoms with E-state index in [2.05, 4.69) is 6.58 Å². The van der Waals surface area contributed by atoms with Crippen LogP contribution in [0.5, 0.6) is 0 Å². The molecule has 0 saturated heterocycles. The number of aliphatic carboxylic acids is 1. The summed E-state index contributed by atoms with van der Waals surface area (Å²) in [5.41, 5.74) is -0.0702. The van der Waals surface area contributed by atoms with Crippen molar-refractivity contribution >= 4 is 13.6 Å². The van der Waals surface area contributed by atoms with Gasteiger partial charge in [0.05, 0.1) is 6.16 Å². The lowest BCUT2D eigenvalue weighted by Crippen LogP contribution is -1.98. The van der Waals surface area contributed by atoms with Gasteiger partial charge in [0, 0.05) is 5.57 Å². The first-order chi connectivity index (χ1) is 4.54. The van der Waals surface area contributed by atoms with Gasteiger partial charge in [-0.2, -0.15) is 0 Å². The first-order valence-electron chi connectivity index (χ1n) is 2.57. The summed E-state index contributed by atoms with van der Waals surface area (Å²) in [7, 11) is -2.48. The zero-order valence-corrected chi connectivity index (χ0v) is 6.13. The molecule has 0 aromatic heterocycles. The molecule has 4 nitrogen and oxygen atoms in total. The third-order valence-corrected chi connectivity index (χ3v) is 1.49. The van der Waals surface area contributed by atoms with Crippen LogP contribution < -0.4 is 0 Å². The molecule has 0 fully saturated rings. The molecule has 10 heavy (non-hydrogen) atoms. The average molecular weight is 162 g/mol. The van der Waals surface area contributed by atoms with Crippen LogP contribution in [-0.4, -0.2) is 17.2 Å². The van der Waals surface area contributed by atoms with Crippen molar-refractivity contribution in [2.45, 2.75) is 6.42 Å². The van der Waals surface area contributed by atoms with E-state index in [0.29, 0.717) is 0 Å². The van der Waals surface area contributed by atoms with Crippen LogP contribution in [0, 0.1) is 0 Å². The molecule has 0 amide bonds. The average Bonchev–Trinajstić information content (AvgIpc) is 1.82. The highest BCUT2D eigenvalue weighted by atomic mass is 31.1. The highest BCUT2D eigenvalue weighted by Crippen LogP contribution is 2.09. The van der Waals surface area contributed by atoms with Gasteiger partial charge >= 0.3 is 13.6 Å². The minimum atomic E-state index is -2.48. The van der Waals surface area contributed by atoms with E-state index < -0.39 is 13.6 Å². The molecule has 0 atom stereocenters. The smallest absolute Gasteiger partial charge is 0.330 e. The zero-order valence-electron chi connectivity index (χ0n) is 5.24. The summed E-state index contributed by atoms with van der Waals surface area (Å²) in [6.45, 7) is 3.16. The molecule has 0 heterocycles. The van der Waals surface area contributed by atoms with E-state index in [1.807, 2.05) is 0 Å². The van der Waals surface area contributed by atoms with Gasteiger partial charge in [0.25, 0.3) is 0 Å². The molecule has 0 spiro atoms. The number of carbonyl (C=O) groups is 1. The number of rotatable bonds is 4. The van der Waals surface area contributed by atoms with E-state index in [4.69, 9.17) is 5.11 Å². The van der Waals surface area contributed by atoms with Gasteiger partial charge in [-0.05, 0) is 6.42 Å². The standard InChI is InChI=1S/C5H7O4P/c1-4(5(6)7)2-3-10(8)9/h1-3H2,(H,6,7). The molecule has 0 unspecified atom stereocenters. The highest BCUT2D eigenvalue weighted by molar-refractivity contribution is 7.30. The van der Waals surface area contributed by atoms with E-state index in [1.165, 1.54) is 0 Å². The maximum absolute atomic E-state index is 10.0. The molecule has 0 saturated carbocycles. The van der Waals surface area contributed by atoms with Crippen LogP contribution in [0.2, 0.25) is 0 Å². The Morgan fingerprint density at radius 1 is 1.50 bits per heavy atom. The van der Waals surface area contributed by atoms with Gasteiger partial charge in [0.2, 0.25) is 0 Å². The summed E-state index contributed by atoms with van der Waals surface area (Å²) in [5.74, 6) is -1.14.